The third-order valence-corrected chi connectivity index (χ3v) is 5.89. The van der Waals surface area contributed by atoms with Gasteiger partial charge in [0.1, 0.15) is 0 Å². The minimum absolute atomic E-state index is 0.0172. The molecule has 4 aliphatic carbocycles. The van der Waals surface area contributed by atoms with Gasteiger partial charge in [-0.15, -0.1) is 0 Å². The summed E-state index contributed by atoms with van der Waals surface area (Å²) in [5.41, 5.74) is -0.223. The van der Waals surface area contributed by atoms with Gasteiger partial charge < -0.3 is 9.47 Å². The predicted molar refractivity (Wildman–Crippen MR) is 88.4 cm³/mol. The molecule has 1 aromatic carbocycles. The lowest BCUT2D eigenvalue weighted by atomic mass is 9.49. The summed E-state index contributed by atoms with van der Waals surface area (Å²) in [5, 5.41) is 0. The number of rotatable bonds is 4. The average Bonchev–Trinajstić information content (AvgIpc) is 2.47. The van der Waals surface area contributed by atoms with E-state index in [4.69, 9.17) is 9.47 Å². The van der Waals surface area contributed by atoms with Crippen LogP contribution in [0.1, 0.15) is 52.4 Å². The number of para-hydroxylation sites is 2. The van der Waals surface area contributed by atoms with Gasteiger partial charge in [0.2, 0.25) is 0 Å². The molecule has 1 aromatic rings. The van der Waals surface area contributed by atoms with E-state index < -0.39 is 0 Å². The quantitative estimate of drug-likeness (QED) is 0.602. The highest BCUT2D eigenvalue weighted by Gasteiger charge is 2.55. The average molecular weight is 314 g/mol. The Morgan fingerprint density at radius 2 is 1.52 bits per heavy atom. The molecule has 3 nitrogen and oxygen atoms in total. The SMILES string of the molecule is CC(C)Oc1ccccc1OC(=O)C12CC3CC(CC(C3)C1)C2. The first-order valence-corrected chi connectivity index (χ1v) is 9.02. The number of carbonyl (C=O) groups is 1. The maximum atomic E-state index is 13.0. The van der Waals surface area contributed by atoms with E-state index in [1.807, 2.05) is 38.1 Å². The van der Waals surface area contributed by atoms with Gasteiger partial charge in [0, 0.05) is 0 Å². The van der Waals surface area contributed by atoms with Gasteiger partial charge in [-0.05, 0) is 82.3 Å². The van der Waals surface area contributed by atoms with E-state index in [-0.39, 0.29) is 17.5 Å². The van der Waals surface area contributed by atoms with Crippen LogP contribution >= 0.6 is 0 Å². The van der Waals surface area contributed by atoms with Crippen molar-refractivity contribution >= 4 is 5.97 Å². The molecular formula is C20H26O3. The van der Waals surface area contributed by atoms with Crippen molar-refractivity contribution in [1.82, 2.24) is 0 Å². The molecule has 0 atom stereocenters. The summed E-state index contributed by atoms with van der Waals surface area (Å²) in [7, 11) is 0. The molecule has 4 fully saturated rings. The number of ether oxygens (including phenoxy) is 2. The molecule has 23 heavy (non-hydrogen) atoms. The van der Waals surface area contributed by atoms with Crippen molar-refractivity contribution in [3.63, 3.8) is 0 Å². The third kappa shape index (κ3) is 2.75. The fourth-order valence-electron chi connectivity index (χ4n) is 5.45. The first kappa shape index (κ1) is 15.0. The zero-order valence-corrected chi connectivity index (χ0v) is 14.1. The number of carbonyl (C=O) groups excluding carboxylic acids is 1. The van der Waals surface area contributed by atoms with Crippen LogP contribution in [0.3, 0.4) is 0 Å². The third-order valence-electron chi connectivity index (χ3n) is 5.89. The summed E-state index contributed by atoms with van der Waals surface area (Å²) in [5.74, 6) is 3.46. The monoisotopic (exact) mass is 314 g/mol. The van der Waals surface area contributed by atoms with E-state index in [9.17, 15) is 4.79 Å². The van der Waals surface area contributed by atoms with Gasteiger partial charge in [0.15, 0.2) is 11.5 Å². The van der Waals surface area contributed by atoms with Crippen LogP contribution in [0.2, 0.25) is 0 Å². The van der Waals surface area contributed by atoms with E-state index in [0.29, 0.717) is 11.5 Å². The lowest BCUT2D eigenvalue weighted by Gasteiger charge is -2.55. The predicted octanol–water partition coefficient (Wildman–Crippen LogP) is 4.60. The van der Waals surface area contributed by atoms with E-state index in [0.717, 1.165) is 37.0 Å². The zero-order chi connectivity index (χ0) is 16.0. The maximum absolute atomic E-state index is 13.0. The molecule has 0 radical (unpaired) electrons. The van der Waals surface area contributed by atoms with Crippen LogP contribution in [0, 0.1) is 23.2 Å². The Bertz CT molecular complexity index is 569. The van der Waals surface area contributed by atoms with Crippen LogP contribution in [-0.2, 0) is 4.79 Å². The Morgan fingerprint density at radius 1 is 1.00 bits per heavy atom. The van der Waals surface area contributed by atoms with Crippen molar-refractivity contribution in [2.75, 3.05) is 0 Å². The van der Waals surface area contributed by atoms with Crippen molar-refractivity contribution in [1.29, 1.82) is 0 Å². The summed E-state index contributed by atoms with van der Waals surface area (Å²) in [4.78, 5) is 13.0. The molecule has 0 amide bonds. The Labute approximate surface area is 138 Å². The highest BCUT2D eigenvalue weighted by molar-refractivity contribution is 5.80. The Kier molecular flexibility index (Phi) is 3.62. The molecule has 124 valence electrons. The molecule has 5 rings (SSSR count). The van der Waals surface area contributed by atoms with E-state index in [1.54, 1.807) is 0 Å². The molecule has 0 unspecified atom stereocenters. The van der Waals surface area contributed by atoms with Crippen molar-refractivity contribution in [3.8, 4) is 11.5 Å². The summed E-state index contributed by atoms with van der Waals surface area (Å²) in [6.45, 7) is 3.97. The molecule has 0 aromatic heterocycles. The maximum Gasteiger partial charge on any atom is 0.317 e. The summed E-state index contributed by atoms with van der Waals surface area (Å²) in [6.07, 6.45) is 7.16. The molecule has 0 aliphatic heterocycles. The lowest BCUT2D eigenvalue weighted by molar-refractivity contribution is -0.161. The normalized spacial score (nSPS) is 34.7. The first-order valence-electron chi connectivity index (χ1n) is 9.02. The number of hydrogen-bond donors (Lipinski definition) is 0. The van der Waals surface area contributed by atoms with Crippen LogP contribution in [0.25, 0.3) is 0 Å². The van der Waals surface area contributed by atoms with Crippen molar-refractivity contribution in [2.24, 2.45) is 23.2 Å². The molecule has 4 bridgehead atoms. The zero-order valence-electron chi connectivity index (χ0n) is 14.1. The Hall–Kier alpha value is -1.51. The number of hydrogen-bond acceptors (Lipinski definition) is 3. The molecule has 0 N–H and O–H groups in total. The van der Waals surface area contributed by atoms with Gasteiger partial charge >= 0.3 is 5.97 Å². The molecule has 4 saturated carbocycles. The summed E-state index contributed by atoms with van der Waals surface area (Å²) >= 11 is 0. The van der Waals surface area contributed by atoms with Crippen LogP contribution in [0.4, 0.5) is 0 Å². The topological polar surface area (TPSA) is 35.5 Å². The van der Waals surface area contributed by atoms with E-state index in [2.05, 4.69) is 0 Å². The molecule has 3 heteroatoms. The summed E-state index contributed by atoms with van der Waals surface area (Å²) in [6, 6.07) is 7.54. The second-order valence-electron chi connectivity index (χ2n) is 8.20. The van der Waals surface area contributed by atoms with Crippen LogP contribution in [0.5, 0.6) is 11.5 Å². The van der Waals surface area contributed by atoms with Crippen molar-refractivity contribution in [2.45, 2.75) is 58.5 Å². The summed E-state index contributed by atoms with van der Waals surface area (Å²) < 4.78 is 11.7. The fraction of sp³-hybridized carbons (Fsp3) is 0.650. The van der Waals surface area contributed by atoms with Gasteiger partial charge in [0.05, 0.1) is 11.5 Å². The standard InChI is InChI=1S/C20H26O3/c1-13(2)22-17-5-3-4-6-18(17)23-19(21)20-10-14-7-15(11-20)9-16(8-14)12-20/h3-6,13-16H,7-12H2,1-2H3. The first-order chi connectivity index (χ1) is 11.0. The molecule has 0 saturated heterocycles. The smallest absolute Gasteiger partial charge is 0.317 e. The Balaban J connectivity index is 1.55. The largest absolute Gasteiger partial charge is 0.487 e. The highest BCUT2D eigenvalue weighted by atomic mass is 16.6. The van der Waals surface area contributed by atoms with Gasteiger partial charge in [-0.25, -0.2) is 0 Å². The van der Waals surface area contributed by atoms with Crippen LogP contribution in [0.15, 0.2) is 24.3 Å². The molecular weight excluding hydrogens is 288 g/mol. The van der Waals surface area contributed by atoms with Gasteiger partial charge in [-0.3, -0.25) is 4.79 Å². The highest BCUT2D eigenvalue weighted by Crippen LogP contribution is 2.60. The second-order valence-corrected chi connectivity index (χ2v) is 8.20. The van der Waals surface area contributed by atoms with Gasteiger partial charge in [-0.2, -0.15) is 0 Å². The number of esters is 1. The Morgan fingerprint density at radius 3 is 2.04 bits per heavy atom. The minimum Gasteiger partial charge on any atom is -0.487 e. The van der Waals surface area contributed by atoms with E-state index >= 15 is 0 Å². The van der Waals surface area contributed by atoms with Crippen molar-refractivity contribution in [3.05, 3.63) is 24.3 Å². The number of benzene rings is 1. The van der Waals surface area contributed by atoms with Gasteiger partial charge in [-0.1, -0.05) is 12.1 Å². The fourth-order valence-corrected chi connectivity index (χ4v) is 5.45. The second kappa shape index (κ2) is 5.54. The minimum atomic E-state index is -0.223. The molecule has 0 spiro atoms. The van der Waals surface area contributed by atoms with Crippen LogP contribution in [-0.4, -0.2) is 12.1 Å². The lowest BCUT2D eigenvalue weighted by Crippen LogP contribution is -2.51. The van der Waals surface area contributed by atoms with E-state index in [1.165, 1.54) is 19.3 Å². The van der Waals surface area contributed by atoms with Gasteiger partial charge in [0.25, 0.3) is 0 Å². The van der Waals surface area contributed by atoms with Crippen LogP contribution < -0.4 is 9.47 Å². The molecule has 4 aliphatic rings. The van der Waals surface area contributed by atoms with Crippen molar-refractivity contribution < 1.29 is 14.3 Å². The molecule has 0 heterocycles.